The standard InChI is InChI=1S/C19H26N4O/c1-24-14-8-13-21-19(22-20)23(15-17-9-4-2-5-10-17)16-18-11-6-3-7-12-18/h2-7,9-12H,8,13-16,20H2,1H3,(H,21,22). The van der Waals surface area contributed by atoms with Gasteiger partial charge in [-0.2, -0.15) is 0 Å². The molecule has 0 fully saturated rings. The minimum Gasteiger partial charge on any atom is -0.385 e. The second-order valence-electron chi connectivity index (χ2n) is 5.52. The molecule has 0 radical (unpaired) electrons. The summed E-state index contributed by atoms with van der Waals surface area (Å²) in [6.45, 7) is 2.85. The van der Waals surface area contributed by atoms with Crippen LogP contribution in [0.1, 0.15) is 17.5 Å². The highest BCUT2D eigenvalue weighted by atomic mass is 16.5. The highest BCUT2D eigenvalue weighted by Crippen LogP contribution is 2.10. The van der Waals surface area contributed by atoms with Gasteiger partial charge in [0.1, 0.15) is 0 Å². The summed E-state index contributed by atoms with van der Waals surface area (Å²) in [6.07, 6.45) is 0.867. The largest absolute Gasteiger partial charge is 0.385 e. The van der Waals surface area contributed by atoms with Gasteiger partial charge in [-0.05, 0) is 17.5 Å². The predicted octanol–water partition coefficient (Wildman–Crippen LogP) is 2.54. The van der Waals surface area contributed by atoms with Gasteiger partial charge in [0.25, 0.3) is 0 Å². The SMILES string of the molecule is COCCCN=C(NN)N(Cc1ccccc1)Cc1ccccc1. The molecule has 0 heterocycles. The van der Waals surface area contributed by atoms with Gasteiger partial charge >= 0.3 is 0 Å². The summed E-state index contributed by atoms with van der Waals surface area (Å²) in [7, 11) is 1.70. The van der Waals surface area contributed by atoms with Crippen LogP contribution in [0.3, 0.4) is 0 Å². The lowest BCUT2D eigenvalue weighted by Gasteiger charge is -2.26. The molecule has 0 spiro atoms. The Balaban J connectivity index is 2.13. The number of nitrogens with zero attached hydrogens (tertiary/aromatic N) is 2. The second-order valence-corrected chi connectivity index (χ2v) is 5.52. The molecule has 0 saturated heterocycles. The van der Waals surface area contributed by atoms with E-state index in [1.165, 1.54) is 11.1 Å². The van der Waals surface area contributed by atoms with Crippen molar-refractivity contribution < 1.29 is 4.74 Å². The fraction of sp³-hybridized carbons (Fsp3) is 0.316. The molecule has 3 N–H and O–H groups in total. The Kier molecular flexibility index (Phi) is 7.80. The van der Waals surface area contributed by atoms with Crippen molar-refractivity contribution in [3.63, 3.8) is 0 Å². The van der Waals surface area contributed by atoms with Crippen LogP contribution in [-0.4, -0.2) is 31.1 Å². The first-order valence-electron chi connectivity index (χ1n) is 8.16. The van der Waals surface area contributed by atoms with Crippen LogP contribution in [0.15, 0.2) is 65.7 Å². The number of nitrogens with one attached hydrogen (secondary N) is 1. The van der Waals surface area contributed by atoms with Gasteiger partial charge in [0.15, 0.2) is 0 Å². The average molecular weight is 326 g/mol. The van der Waals surface area contributed by atoms with Crippen molar-refractivity contribution >= 4 is 5.96 Å². The smallest absolute Gasteiger partial charge is 0.209 e. The Morgan fingerprint density at radius 3 is 2.00 bits per heavy atom. The number of rotatable bonds is 8. The Bertz CT molecular complexity index is 560. The number of aliphatic imine (C=N–C) groups is 1. The lowest BCUT2D eigenvalue weighted by molar-refractivity contribution is 0.196. The quantitative estimate of drug-likeness (QED) is 0.257. The van der Waals surface area contributed by atoms with Gasteiger partial charge in [0, 0.05) is 33.4 Å². The van der Waals surface area contributed by atoms with E-state index in [9.17, 15) is 0 Å². The number of ether oxygens (including phenoxy) is 1. The van der Waals surface area contributed by atoms with Crippen LogP contribution in [0.5, 0.6) is 0 Å². The zero-order valence-electron chi connectivity index (χ0n) is 14.2. The summed E-state index contributed by atoms with van der Waals surface area (Å²) >= 11 is 0. The van der Waals surface area contributed by atoms with E-state index >= 15 is 0 Å². The molecule has 2 rings (SSSR count). The molecule has 0 amide bonds. The number of methoxy groups -OCH3 is 1. The van der Waals surface area contributed by atoms with Crippen LogP contribution in [0.25, 0.3) is 0 Å². The van der Waals surface area contributed by atoms with E-state index in [2.05, 4.69) is 39.6 Å². The van der Waals surface area contributed by atoms with Crippen LogP contribution in [0, 0.1) is 0 Å². The van der Waals surface area contributed by atoms with Crippen LogP contribution < -0.4 is 11.3 Å². The summed E-state index contributed by atoms with van der Waals surface area (Å²) in [4.78, 5) is 6.75. The maximum atomic E-state index is 5.74. The van der Waals surface area contributed by atoms with Gasteiger partial charge in [0.2, 0.25) is 5.96 Å². The van der Waals surface area contributed by atoms with E-state index in [4.69, 9.17) is 10.6 Å². The minimum atomic E-state index is 0.674. The normalized spacial score (nSPS) is 11.3. The lowest BCUT2D eigenvalue weighted by Crippen LogP contribution is -2.44. The van der Waals surface area contributed by atoms with Crippen molar-refractivity contribution in [2.45, 2.75) is 19.5 Å². The number of guanidine groups is 1. The third-order valence-corrected chi connectivity index (χ3v) is 3.63. The highest BCUT2D eigenvalue weighted by molar-refractivity contribution is 5.79. The molecule has 0 aromatic heterocycles. The zero-order chi connectivity index (χ0) is 17.0. The third-order valence-electron chi connectivity index (χ3n) is 3.63. The monoisotopic (exact) mass is 326 g/mol. The fourth-order valence-corrected chi connectivity index (χ4v) is 2.44. The maximum Gasteiger partial charge on any atom is 0.209 e. The van der Waals surface area contributed by atoms with E-state index in [0.29, 0.717) is 19.1 Å². The average Bonchev–Trinajstić information content (AvgIpc) is 2.63. The van der Waals surface area contributed by atoms with Gasteiger partial charge in [-0.25, -0.2) is 5.84 Å². The minimum absolute atomic E-state index is 0.674. The first-order valence-corrected chi connectivity index (χ1v) is 8.16. The van der Waals surface area contributed by atoms with Crippen molar-refractivity contribution in [3.05, 3.63) is 71.8 Å². The molecule has 128 valence electrons. The van der Waals surface area contributed by atoms with Crippen molar-refractivity contribution in [1.82, 2.24) is 10.3 Å². The Morgan fingerprint density at radius 2 is 1.54 bits per heavy atom. The summed E-state index contributed by atoms with van der Waals surface area (Å²) in [5.41, 5.74) is 5.19. The highest BCUT2D eigenvalue weighted by Gasteiger charge is 2.11. The summed E-state index contributed by atoms with van der Waals surface area (Å²) in [5, 5.41) is 0. The number of nitrogens with two attached hydrogens (primary N) is 1. The third kappa shape index (κ3) is 6.02. The molecular formula is C19H26N4O. The van der Waals surface area contributed by atoms with E-state index in [0.717, 1.165) is 19.5 Å². The maximum absolute atomic E-state index is 5.74. The van der Waals surface area contributed by atoms with Gasteiger partial charge in [-0.3, -0.25) is 10.4 Å². The molecule has 5 heteroatoms. The number of hydrogen-bond donors (Lipinski definition) is 2. The topological polar surface area (TPSA) is 62.9 Å². The van der Waals surface area contributed by atoms with Crippen LogP contribution in [0.4, 0.5) is 0 Å². The summed E-state index contributed by atoms with van der Waals surface area (Å²) in [5.74, 6) is 6.44. The summed E-state index contributed by atoms with van der Waals surface area (Å²) < 4.78 is 5.07. The summed E-state index contributed by atoms with van der Waals surface area (Å²) in [6, 6.07) is 20.6. The zero-order valence-corrected chi connectivity index (χ0v) is 14.2. The number of benzene rings is 2. The lowest BCUT2D eigenvalue weighted by atomic mass is 10.2. The van der Waals surface area contributed by atoms with E-state index < -0.39 is 0 Å². The molecule has 0 atom stereocenters. The molecule has 0 aliphatic rings. The van der Waals surface area contributed by atoms with Crippen molar-refractivity contribution in [2.24, 2.45) is 10.8 Å². The molecule has 0 aliphatic heterocycles. The molecule has 24 heavy (non-hydrogen) atoms. The molecule has 5 nitrogen and oxygen atoms in total. The van der Waals surface area contributed by atoms with Crippen molar-refractivity contribution in [2.75, 3.05) is 20.3 Å². The second kappa shape index (κ2) is 10.4. The molecule has 2 aromatic rings. The van der Waals surface area contributed by atoms with Crippen LogP contribution in [-0.2, 0) is 17.8 Å². The molecule has 0 saturated carbocycles. The first-order chi connectivity index (χ1) is 11.8. The fourth-order valence-electron chi connectivity index (χ4n) is 2.44. The van der Waals surface area contributed by atoms with E-state index in [1.807, 2.05) is 36.4 Å². The number of hydrazine groups is 1. The van der Waals surface area contributed by atoms with Gasteiger partial charge in [0.05, 0.1) is 0 Å². The van der Waals surface area contributed by atoms with E-state index in [1.54, 1.807) is 7.11 Å². The Labute approximate surface area is 144 Å². The van der Waals surface area contributed by atoms with Gasteiger partial charge in [-0.15, -0.1) is 0 Å². The van der Waals surface area contributed by atoms with Gasteiger partial charge < -0.3 is 9.64 Å². The van der Waals surface area contributed by atoms with Gasteiger partial charge in [-0.1, -0.05) is 60.7 Å². The van der Waals surface area contributed by atoms with E-state index in [-0.39, 0.29) is 0 Å². The Hall–Kier alpha value is -2.37. The van der Waals surface area contributed by atoms with Crippen LogP contribution >= 0.6 is 0 Å². The van der Waals surface area contributed by atoms with Crippen LogP contribution in [0.2, 0.25) is 0 Å². The number of hydrogen-bond acceptors (Lipinski definition) is 3. The molecule has 0 bridgehead atoms. The Morgan fingerprint density at radius 1 is 1.00 bits per heavy atom. The molecule has 2 aromatic carbocycles. The van der Waals surface area contributed by atoms with Crippen molar-refractivity contribution in [1.29, 1.82) is 0 Å². The molecule has 0 unspecified atom stereocenters. The molecular weight excluding hydrogens is 300 g/mol. The molecule has 0 aliphatic carbocycles. The van der Waals surface area contributed by atoms with Crippen molar-refractivity contribution in [3.8, 4) is 0 Å². The first kappa shape index (κ1) is 18.0. The predicted molar refractivity (Wildman–Crippen MR) is 98.2 cm³/mol.